The number of amides is 1. The molecule has 0 saturated carbocycles. The van der Waals surface area contributed by atoms with Crippen LogP contribution in [-0.4, -0.2) is 10.8 Å². The van der Waals surface area contributed by atoms with Crippen LogP contribution in [0.5, 0.6) is 0 Å². The normalized spacial score (nSPS) is 13.7. The zero-order chi connectivity index (χ0) is 18.3. The molecule has 1 amide bonds. The summed E-state index contributed by atoms with van der Waals surface area (Å²) in [4.78, 5) is 14.7. The molecule has 1 aliphatic rings. The summed E-state index contributed by atoms with van der Waals surface area (Å²) in [6.07, 6.45) is 1.57. The molecule has 1 aliphatic heterocycles. The molecule has 26 heavy (non-hydrogen) atoms. The predicted molar refractivity (Wildman–Crippen MR) is 103 cm³/mol. The fourth-order valence-corrected chi connectivity index (χ4v) is 3.39. The van der Waals surface area contributed by atoms with Crippen molar-refractivity contribution in [2.75, 3.05) is 0 Å². The van der Waals surface area contributed by atoms with Gasteiger partial charge >= 0.3 is 0 Å². The van der Waals surface area contributed by atoms with E-state index in [2.05, 4.69) is 57.2 Å². The summed E-state index contributed by atoms with van der Waals surface area (Å²) < 4.78 is 5.69. The van der Waals surface area contributed by atoms with Gasteiger partial charge in [0, 0.05) is 18.7 Å². The van der Waals surface area contributed by atoms with E-state index in [1.165, 1.54) is 16.7 Å². The molecule has 3 heteroatoms. The van der Waals surface area contributed by atoms with Gasteiger partial charge in [0.25, 0.3) is 5.91 Å². The van der Waals surface area contributed by atoms with Crippen molar-refractivity contribution in [2.45, 2.75) is 39.3 Å². The lowest BCUT2D eigenvalue weighted by atomic mass is 9.86. The lowest BCUT2D eigenvalue weighted by Crippen LogP contribution is -2.24. The Labute approximate surface area is 154 Å². The third-order valence-corrected chi connectivity index (χ3v) is 5.01. The van der Waals surface area contributed by atoms with E-state index < -0.39 is 0 Å². The predicted octanol–water partition coefficient (Wildman–Crippen LogP) is 5.40. The maximum atomic E-state index is 12.8. The highest BCUT2D eigenvalue weighted by molar-refractivity contribution is 5.95. The van der Waals surface area contributed by atoms with Crippen LogP contribution < -0.4 is 0 Å². The third-order valence-electron chi connectivity index (χ3n) is 5.01. The first kappa shape index (κ1) is 16.6. The SMILES string of the molecule is CC(C)(C)c1ccc(-c2cc(C(=O)N3Cc4ccccc4C3)co2)cc1. The highest BCUT2D eigenvalue weighted by atomic mass is 16.3. The van der Waals surface area contributed by atoms with Gasteiger partial charge in [0.05, 0.1) is 5.56 Å². The summed E-state index contributed by atoms with van der Waals surface area (Å²) in [6, 6.07) is 18.4. The van der Waals surface area contributed by atoms with E-state index in [9.17, 15) is 4.79 Å². The van der Waals surface area contributed by atoms with Crippen LogP contribution >= 0.6 is 0 Å². The van der Waals surface area contributed by atoms with Gasteiger partial charge in [-0.2, -0.15) is 0 Å². The highest BCUT2D eigenvalue weighted by Crippen LogP contribution is 2.29. The summed E-state index contributed by atoms with van der Waals surface area (Å²) in [5.41, 5.74) is 5.44. The first-order chi connectivity index (χ1) is 12.4. The molecule has 2 aromatic carbocycles. The summed E-state index contributed by atoms with van der Waals surface area (Å²) in [7, 11) is 0. The average molecular weight is 345 g/mol. The molecule has 3 aromatic rings. The topological polar surface area (TPSA) is 33.5 Å². The molecule has 0 N–H and O–H groups in total. The molecule has 0 bridgehead atoms. The number of rotatable bonds is 2. The maximum absolute atomic E-state index is 12.8. The van der Waals surface area contributed by atoms with Crippen LogP contribution in [0, 0.1) is 0 Å². The van der Waals surface area contributed by atoms with Crippen molar-refractivity contribution in [3.05, 3.63) is 83.1 Å². The molecule has 0 aliphatic carbocycles. The molecule has 1 aromatic heterocycles. The molecule has 132 valence electrons. The van der Waals surface area contributed by atoms with Crippen LogP contribution in [0.2, 0.25) is 0 Å². The molecular weight excluding hydrogens is 322 g/mol. The van der Waals surface area contributed by atoms with Crippen molar-refractivity contribution in [3.63, 3.8) is 0 Å². The van der Waals surface area contributed by atoms with E-state index in [1.54, 1.807) is 6.26 Å². The van der Waals surface area contributed by atoms with Gasteiger partial charge in [0.2, 0.25) is 0 Å². The molecule has 0 atom stereocenters. The quantitative estimate of drug-likeness (QED) is 0.623. The van der Waals surface area contributed by atoms with Gasteiger partial charge in [-0.1, -0.05) is 69.3 Å². The second-order valence-electron chi connectivity index (χ2n) is 7.96. The van der Waals surface area contributed by atoms with E-state index >= 15 is 0 Å². The number of furan rings is 1. The monoisotopic (exact) mass is 345 g/mol. The molecule has 0 spiro atoms. The largest absolute Gasteiger partial charge is 0.464 e. The Morgan fingerprint density at radius 2 is 1.58 bits per heavy atom. The minimum absolute atomic E-state index is 0.0162. The molecule has 0 fully saturated rings. The Morgan fingerprint density at radius 1 is 0.962 bits per heavy atom. The summed E-state index contributed by atoms with van der Waals surface area (Å²) in [5, 5.41) is 0. The number of carbonyl (C=O) groups excluding carboxylic acids is 1. The first-order valence-corrected chi connectivity index (χ1v) is 8.97. The van der Waals surface area contributed by atoms with E-state index in [-0.39, 0.29) is 11.3 Å². The van der Waals surface area contributed by atoms with E-state index in [0.717, 1.165) is 11.3 Å². The molecule has 0 saturated heterocycles. The second-order valence-corrected chi connectivity index (χ2v) is 7.96. The minimum atomic E-state index is 0.0162. The van der Waals surface area contributed by atoms with Crippen LogP contribution in [0.25, 0.3) is 11.3 Å². The summed E-state index contributed by atoms with van der Waals surface area (Å²) in [6.45, 7) is 7.91. The number of benzene rings is 2. The van der Waals surface area contributed by atoms with Crippen LogP contribution in [0.15, 0.2) is 65.3 Å². The van der Waals surface area contributed by atoms with Crippen LogP contribution in [0.3, 0.4) is 0 Å². The van der Waals surface area contributed by atoms with Crippen LogP contribution in [0.1, 0.15) is 47.8 Å². The van der Waals surface area contributed by atoms with Gasteiger partial charge < -0.3 is 9.32 Å². The average Bonchev–Trinajstić information content (AvgIpc) is 3.27. The number of fused-ring (bicyclic) bond motifs is 1. The van der Waals surface area contributed by atoms with Crippen molar-refractivity contribution in [1.29, 1.82) is 0 Å². The van der Waals surface area contributed by atoms with Gasteiger partial charge in [0.15, 0.2) is 0 Å². The van der Waals surface area contributed by atoms with Crippen LogP contribution in [0.4, 0.5) is 0 Å². The van der Waals surface area contributed by atoms with Crippen molar-refractivity contribution in [2.24, 2.45) is 0 Å². The molecule has 4 rings (SSSR count). The van der Waals surface area contributed by atoms with Gasteiger partial charge in [-0.05, 0) is 28.2 Å². The van der Waals surface area contributed by atoms with Gasteiger partial charge in [-0.25, -0.2) is 0 Å². The highest BCUT2D eigenvalue weighted by Gasteiger charge is 2.25. The summed E-state index contributed by atoms with van der Waals surface area (Å²) in [5.74, 6) is 0.744. The Balaban J connectivity index is 1.52. The molecule has 2 heterocycles. The van der Waals surface area contributed by atoms with Gasteiger partial charge in [-0.15, -0.1) is 0 Å². The Morgan fingerprint density at radius 3 is 2.15 bits per heavy atom. The van der Waals surface area contributed by atoms with Crippen molar-refractivity contribution in [1.82, 2.24) is 4.90 Å². The van der Waals surface area contributed by atoms with Crippen LogP contribution in [-0.2, 0) is 18.5 Å². The maximum Gasteiger partial charge on any atom is 0.257 e. The minimum Gasteiger partial charge on any atom is -0.464 e. The zero-order valence-corrected chi connectivity index (χ0v) is 15.5. The third kappa shape index (κ3) is 3.05. The van der Waals surface area contributed by atoms with E-state index in [0.29, 0.717) is 18.7 Å². The second kappa shape index (κ2) is 6.17. The fourth-order valence-electron chi connectivity index (χ4n) is 3.39. The van der Waals surface area contributed by atoms with E-state index in [4.69, 9.17) is 4.42 Å². The Hall–Kier alpha value is -2.81. The molecule has 0 radical (unpaired) electrons. The van der Waals surface area contributed by atoms with Gasteiger partial charge in [0.1, 0.15) is 12.0 Å². The van der Waals surface area contributed by atoms with Crippen molar-refractivity contribution >= 4 is 5.91 Å². The standard InChI is InChI=1S/C23H23NO2/c1-23(2,3)20-10-8-16(9-11-20)21-12-19(15-26-21)22(25)24-13-17-6-4-5-7-18(17)14-24/h4-12,15H,13-14H2,1-3H3. The molecule has 3 nitrogen and oxygen atoms in total. The number of carbonyl (C=O) groups is 1. The molecular formula is C23H23NO2. The molecule has 0 unspecified atom stereocenters. The number of hydrogen-bond acceptors (Lipinski definition) is 2. The smallest absolute Gasteiger partial charge is 0.257 e. The Kier molecular flexibility index (Phi) is 3.95. The van der Waals surface area contributed by atoms with Crippen molar-refractivity contribution < 1.29 is 9.21 Å². The van der Waals surface area contributed by atoms with Gasteiger partial charge in [-0.3, -0.25) is 4.79 Å². The summed E-state index contributed by atoms with van der Waals surface area (Å²) >= 11 is 0. The fraction of sp³-hybridized carbons (Fsp3) is 0.261. The number of hydrogen-bond donors (Lipinski definition) is 0. The first-order valence-electron chi connectivity index (χ1n) is 8.97. The van der Waals surface area contributed by atoms with Crippen molar-refractivity contribution in [3.8, 4) is 11.3 Å². The van der Waals surface area contributed by atoms with E-state index in [1.807, 2.05) is 23.1 Å². The lowest BCUT2D eigenvalue weighted by molar-refractivity contribution is 0.0750. The zero-order valence-electron chi connectivity index (χ0n) is 15.5. The number of nitrogens with zero attached hydrogens (tertiary/aromatic N) is 1. The lowest BCUT2D eigenvalue weighted by Gasteiger charge is -2.18. The Bertz CT molecular complexity index is 920.